The van der Waals surface area contributed by atoms with Crippen LogP contribution in [0.4, 0.5) is 10.2 Å². The number of nitrogens with one attached hydrogen (secondary N) is 1. The molecule has 0 aliphatic rings. The smallest absolute Gasteiger partial charge is 0.226 e. The summed E-state index contributed by atoms with van der Waals surface area (Å²) in [6.07, 6.45) is 0.380. The molecule has 0 aromatic carbocycles. The van der Waals surface area contributed by atoms with Crippen molar-refractivity contribution < 1.29 is 9.18 Å². The zero-order valence-electron chi connectivity index (χ0n) is 9.17. The van der Waals surface area contributed by atoms with Crippen LogP contribution in [-0.4, -0.2) is 10.9 Å². The van der Waals surface area contributed by atoms with Crippen LogP contribution in [0.25, 0.3) is 0 Å². The minimum atomic E-state index is -0.594. The topological polar surface area (TPSA) is 42.0 Å². The maximum absolute atomic E-state index is 12.7. The van der Waals surface area contributed by atoms with Gasteiger partial charge < -0.3 is 5.32 Å². The third-order valence-electron chi connectivity index (χ3n) is 1.67. The summed E-state index contributed by atoms with van der Waals surface area (Å²) in [4.78, 5) is 15.0. The van der Waals surface area contributed by atoms with E-state index in [9.17, 15) is 9.18 Å². The second-order valence-corrected chi connectivity index (χ2v) is 4.63. The van der Waals surface area contributed by atoms with Crippen molar-refractivity contribution in [3.8, 4) is 0 Å². The van der Waals surface area contributed by atoms with Crippen LogP contribution < -0.4 is 5.32 Å². The number of hydrogen-bond donors (Lipinski definition) is 1. The predicted octanol–water partition coefficient (Wildman–Crippen LogP) is 2.60. The largest absolute Gasteiger partial charge is 0.311 e. The molecule has 0 bridgehead atoms. The van der Waals surface area contributed by atoms with Crippen LogP contribution in [0, 0.1) is 11.4 Å². The van der Waals surface area contributed by atoms with Crippen LogP contribution in [0.3, 0.4) is 0 Å². The van der Waals surface area contributed by atoms with E-state index in [1.165, 1.54) is 12.1 Å². The molecule has 1 heterocycles. The molecule has 82 valence electrons. The standard InChI is InChI=1S/C11H15FN2O/c1-11(2,3)7-10(15)14-9-6-4-5-8(12)13-9/h4-6H,7H2,1-3H3,(H,13,14,15). The van der Waals surface area contributed by atoms with Crippen LogP contribution in [0.5, 0.6) is 0 Å². The van der Waals surface area contributed by atoms with E-state index in [4.69, 9.17) is 0 Å². The summed E-state index contributed by atoms with van der Waals surface area (Å²) >= 11 is 0. The Morgan fingerprint density at radius 3 is 2.67 bits per heavy atom. The lowest BCUT2D eigenvalue weighted by Gasteiger charge is -2.16. The number of pyridine rings is 1. The molecule has 15 heavy (non-hydrogen) atoms. The number of anilines is 1. The lowest BCUT2D eigenvalue weighted by atomic mass is 9.92. The Labute approximate surface area is 88.7 Å². The molecule has 0 unspecified atom stereocenters. The summed E-state index contributed by atoms with van der Waals surface area (Å²) in [6.45, 7) is 5.89. The molecule has 0 aliphatic heterocycles. The Hall–Kier alpha value is -1.45. The molecular weight excluding hydrogens is 195 g/mol. The molecule has 0 aliphatic carbocycles. The fourth-order valence-electron chi connectivity index (χ4n) is 1.15. The second-order valence-electron chi connectivity index (χ2n) is 4.63. The van der Waals surface area contributed by atoms with Crippen molar-refractivity contribution in [1.29, 1.82) is 0 Å². The second kappa shape index (κ2) is 4.38. The van der Waals surface area contributed by atoms with Crippen molar-refractivity contribution in [3.05, 3.63) is 24.1 Å². The summed E-state index contributed by atoms with van der Waals surface area (Å²) in [6, 6.07) is 4.30. The van der Waals surface area contributed by atoms with Gasteiger partial charge in [0.05, 0.1) is 0 Å². The van der Waals surface area contributed by atoms with Gasteiger partial charge in [0.15, 0.2) is 0 Å². The minimum absolute atomic E-state index is 0.0859. The lowest BCUT2D eigenvalue weighted by molar-refractivity contribution is -0.117. The summed E-state index contributed by atoms with van der Waals surface area (Å²) in [7, 11) is 0. The van der Waals surface area contributed by atoms with Gasteiger partial charge >= 0.3 is 0 Å². The van der Waals surface area contributed by atoms with Crippen molar-refractivity contribution in [1.82, 2.24) is 4.98 Å². The van der Waals surface area contributed by atoms with Gasteiger partial charge in [-0.15, -0.1) is 0 Å². The molecule has 1 aromatic heterocycles. The number of nitrogens with zero attached hydrogens (tertiary/aromatic N) is 1. The van der Waals surface area contributed by atoms with E-state index in [1.807, 2.05) is 20.8 Å². The van der Waals surface area contributed by atoms with Crippen LogP contribution in [0.15, 0.2) is 18.2 Å². The molecule has 1 aromatic rings. The normalized spacial score (nSPS) is 11.2. The molecule has 0 fully saturated rings. The number of aromatic nitrogens is 1. The Balaban J connectivity index is 2.59. The zero-order chi connectivity index (χ0) is 11.5. The maximum Gasteiger partial charge on any atom is 0.226 e. The van der Waals surface area contributed by atoms with Gasteiger partial charge in [-0.3, -0.25) is 4.79 Å². The molecule has 1 rings (SSSR count). The van der Waals surface area contributed by atoms with E-state index in [2.05, 4.69) is 10.3 Å². The highest BCUT2D eigenvalue weighted by molar-refractivity contribution is 5.90. The average molecular weight is 210 g/mol. The molecule has 3 nitrogen and oxygen atoms in total. The van der Waals surface area contributed by atoms with E-state index in [1.54, 1.807) is 6.07 Å². The highest BCUT2D eigenvalue weighted by atomic mass is 19.1. The highest BCUT2D eigenvalue weighted by Crippen LogP contribution is 2.19. The molecule has 0 atom stereocenters. The first-order valence-electron chi connectivity index (χ1n) is 4.79. The van der Waals surface area contributed by atoms with Gasteiger partial charge in [-0.1, -0.05) is 26.8 Å². The lowest BCUT2D eigenvalue weighted by Crippen LogP contribution is -2.20. The maximum atomic E-state index is 12.7. The van der Waals surface area contributed by atoms with E-state index >= 15 is 0 Å². The van der Waals surface area contributed by atoms with Crippen LogP contribution >= 0.6 is 0 Å². The molecule has 1 N–H and O–H groups in total. The summed E-state index contributed by atoms with van der Waals surface area (Å²) in [5.74, 6) is -0.492. The van der Waals surface area contributed by atoms with Gasteiger partial charge in [-0.2, -0.15) is 4.39 Å². The highest BCUT2D eigenvalue weighted by Gasteiger charge is 2.16. The molecule has 0 saturated heterocycles. The summed E-state index contributed by atoms with van der Waals surface area (Å²) in [5, 5.41) is 2.55. The SMILES string of the molecule is CC(C)(C)CC(=O)Nc1cccc(F)n1. The van der Waals surface area contributed by atoms with Gasteiger partial charge in [0, 0.05) is 6.42 Å². The van der Waals surface area contributed by atoms with Crippen LogP contribution in [-0.2, 0) is 4.79 Å². The Morgan fingerprint density at radius 1 is 1.47 bits per heavy atom. The van der Waals surface area contributed by atoms with Crippen molar-refractivity contribution in [3.63, 3.8) is 0 Å². The molecule has 0 radical (unpaired) electrons. The van der Waals surface area contributed by atoms with Gasteiger partial charge in [0.1, 0.15) is 5.82 Å². The van der Waals surface area contributed by atoms with E-state index in [-0.39, 0.29) is 17.1 Å². The Bertz CT molecular complexity index is 358. The van der Waals surface area contributed by atoms with Crippen molar-refractivity contribution in [2.24, 2.45) is 5.41 Å². The number of amides is 1. The average Bonchev–Trinajstić information content (AvgIpc) is 1.99. The van der Waals surface area contributed by atoms with Crippen molar-refractivity contribution >= 4 is 11.7 Å². The van der Waals surface area contributed by atoms with Crippen LogP contribution in [0.2, 0.25) is 0 Å². The molecule has 4 heteroatoms. The Kier molecular flexibility index (Phi) is 3.39. The monoisotopic (exact) mass is 210 g/mol. The quantitative estimate of drug-likeness (QED) is 0.762. The van der Waals surface area contributed by atoms with Crippen molar-refractivity contribution in [2.75, 3.05) is 5.32 Å². The zero-order valence-corrected chi connectivity index (χ0v) is 9.17. The number of carbonyl (C=O) groups excluding carboxylic acids is 1. The number of halogens is 1. The third kappa shape index (κ3) is 4.54. The molecular formula is C11H15FN2O. The summed E-state index contributed by atoms with van der Waals surface area (Å²) < 4.78 is 12.7. The predicted molar refractivity (Wildman–Crippen MR) is 56.9 cm³/mol. The van der Waals surface area contributed by atoms with Gasteiger partial charge in [0.2, 0.25) is 11.9 Å². The molecule has 0 saturated carbocycles. The minimum Gasteiger partial charge on any atom is -0.311 e. The van der Waals surface area contributed by atoms with E-state index in [0.717, 1.165) is 0 Å². The van der Waals surface area contributed by atoms with Gasteiger partial charge in [-0.05, 0) is 17.5 Å². The fourth-order valence-corrected chi connectivity index (χ4v) is 1.15. The summed E-state index contributed by atoms with van der Waals surface area (Å²) in [5.41, 5.74) is -0.0859. The van der Waals surface area contributed by atoms with E-state index in [0.29, 0.717) is 6.42 Å². The van der Waals surface area contributed by atoms with Gasteiger partial charge in [0.25, 0.3) is 0 Å². The van der Waals surface area contributed by atoms with Crippen molar-refractivity contribution in [2.45, 2.75) is 27.2 Å². The Morgan fingerprint density at radius 2 is 2.13 bits per heavy atom. The van der Waals surface area contributed by atoms with E-state index < -0.39 is 5.95 Å². The van der Waals surface area contributed by atoms with Gasteiger partial charge in [-0.25, -0.2) is 4.98 Å². The van der Waals surface area contributed by atoms with Crippen LogP contribution in [0.1, 0.15) is 27.2 Å². The fraction of sp³-hybridized carbons (Fsp3) is 0.455. The number of rotatable bonds is 2. The first-order valence-corrected chi connectivity index (χ1v) is 4.79. The first-order chi connectivity index (χ1) is 6.87. The third-order valence-corrected chi connectivity index (χ3v) is 1.67. The first kappa shape index (κ1) is 11.6. The molecule has 0 spiro atoms. The number of hydrogen-bond acceptors (Lipinski definition) is 2. The number of carbonyl (C=O) groups is 1. The molecule has 1 amide bonds.